The molecule has 1 atom stereocenters. The molecule has 1 aliphatic rings. The molecule has 0 radical (unpaired) electrons. The molecule has 144 valence electrons. The standard InChI is InChI=1S/C22H28N2O3/c1-3-5-13-26-22(25)27-19-10-8-17(9-11-19)21-23-15-18-14-16(6-4-2)7-12-20(18)24-21/h8-11,15-16H,3-7,12-14H2,1-2H3. The molecular weight excluding hydrogens is 340 g/mol. The van der Waals surface area contributed by atoms with E-state index >= 15 is 0 Å². The van der Waals surface area contributed by atoms with E-state index in [-0.39, 0.29) is 0 Å². The average molecular weight is 368 g/mol. The molecule has 0 aliphatic heterocycles. The largest absolute Gasteiger partial charge is 0.513 e. The van der Waals surface area contributed by atoms with Crippen LogP contribution in [0.4, 0.5) is 4.79 Å². The minimum absolute atomic E-state index is 0.384. The van der Waals surface area contributed by atoms with Crippen LogP contribution in [0.3, 0.4) is 0 Å². The first-order valence-electron chi connectivity index (χ1n) is 9.99. The number of hydrogen-bond donors (Lipinski definition) is 0. The van der Waals surface area contributed by atoms with E-state index < -0.39 is 6.16 Å². The summed E-state index contributed by atoms with van der Waals surface area (Å²) in [4.78, 5) is 20.9. The number of carbonyl (C=O) groups is 1. The van der Waals surface area contributed by atoms with Crippen LogP contribution in [0.5, 0.6) is 5.75 Å². The van der Waals surface area contributed by atoms with Crippen molar-refractivity contribution in [3.05, 3.63) is 41.7 Å². The number of unbranched alkanes of at least 4 members (excludes halogenated alkanes) is 1. The summed E-state index contributed by atoms with van der Waals surface area (Å²) in [6, 6.07) is 7.24. The Morgan fingerprint density at radius 3 is 2.74 bits per heavy atom. The molecule has 0 bridgehead atoms. The van der Waals surface area contributed by atoms with Gasteiger partial charge in [0.25, 0.3) is 0 Å². The Balaban J connectivity index is 1.63. The first-order valence-corrected chi connectivity index (χ1v) is 9.99. The Bertz CT molecular complexity index is 759. The van der Waals surface area contributed by atoms with E-state index in [1.165, 1.54) is 30.5 Å². The zero-order chi connectivity index (χ0) is 19.1. The van der Waals surface area contributed by atoms with Gasteiger partial charge in [-0.2, -0.15) is 0 Å². The maximum absolute atomic E-state index is 11.6. The summed E-state index contributed by atoms with van der Waals surface area (Å²) in [7, 11) is 0. The van der Waals surface area contributed by atoms with Gasteiger partial charge in [0.15, 0.2) is 5.82 Å². The van der Waals surface area contributed by atoms with Crippen LogP contribution in [0.15, 0.2) is 30.5 Å². The minimum Gasteiger partial charge on any atom is -0.434 e. The van der Waals surface area contributed by atoms with Gasteiger partial charge in [-0.1, -0.05) is 33.1 Å². The molecule has 1 aromatic carbocycles. The Morgan fingerprint density at radius 2 is 2.00 bits per heavy atom. The molecule has 2 aromatic rings. The van der Waals surface area contributed by atoms with Gasteiger partial charge in [-0.3, -0.25) is 0 Å². The zero-order valence-electron chi connectivity index (χ0n) is 16.2. The Labute approximate surface area is 161 Å². The third kappa shape index (κ3) is 5.28. The lowest BCUT2D eigenvalue weighted by Crippen LogP contribution is -2.16. The van der Waals surface area contributed by atoms with E-state index in [1.807, 2.05) is 25.3 Å². The van der Waals surface area contributed by atoms with Crippen LogP contribution < -0.4 is 4.74 Å². The lowest BCUT2D eigenvalue weighted by atomic mass is 9.84. The number of aromatic nitrogens is 2. The normalized spacial score (nSPS) is 15.9. The summed E-state index contributed by atoms with van der Waals surface area (Å²) >= 11 is 0. The molecule has 0 saturated heterocycles. The van der Waals surface area contributed by atoms with Crippen molar-refractivity contribution in [1.29, 1.82) is 0 Å². The number of ether oxygens (including phenoxy) is 2. The number of rotatable bonds is 7. The molecular formula is C22H28N2O3. The Morgan fingerprint density at radius 1 is 1.19 bits per heavy atom. The summed E-state index contributed by atoms with van der Waals surface area (Å²) < 4.78 is 10.2. The molecule has 0 spiro atoms. The molecule has 5 nitrogen and oxygen atoms in total. The maximum Gasteiger partial charge on any atom is 0.513 e. The van der Waals surface area contributed by atoms with Crippen LogP contribution in [0.1, 0.15) is 57.2 Å². The number of benzene rings is 1. The number of aryl methyl sites for hydroxylation is 1. The molecule has 1 heterocycles. The monoisotopic (exact) mass is 368 g/mol. The predicted octanol–water partition coefficient (Wildman–Crippen LogP) is 5.36. The molecule has 0 N–H and O–H groups in total. The van der Waals surface area contributed by atoms with Gasteiger partial charge in [0, 0.05) is 17.5 Å². The molecule has 27 heavy (non-hydrogen) atoms. The van der Waals surface area contributed by atoms with Crippen molar-refractivity contribution in [2.45, 2.75) is 58.8 Å². The van der Waals surface area contributed by atoms with E-state index in [0.717, 1.165) is 43.0 Å². The van der Waals surface area contributed by atoms with Crippen molar-refractivity contribution < 1.29 is 14.3 Å². The van der Waals surface area contributed by atoms with Gasteiger partial charge in [0.05, 0.1) is 6.61 Å². The maximum atomic E-state index is 11.6. The van der Waals surface area contributed by atoms with E-state index in [4.69, 9.17) is 14.5 Å². The van der Waals surface area contributed by atoms with Crippen molar-refractivity contribution >= 4 is 6.16 Å². The molecule has 0 saturated carbocycles. The first-order chi connectivity index (χ1) is 13.2. The van der Waals surface area contributed by atoms with Crippen LogP contribution in [0.25, 0.3) is 11.4 Å². The number of nitrogens with zero attached hydrogens (tertiary/aromatic N) is 2. The van der Waals surface area contributed by atoms with Gasteiger partial charge in [0.1, 0.15) is 5.75 Å². The summed E-state index contributed by atoms with van der Waals surface area (Å²) in [5, 5.41) is 0. The van der Waals surface area contributed by atoms with Gasteiger partial charge in [-0.05, 0) is 61.4 Å². The first kappa shape index (κ1) is 19.3. The quantitative estimate of drug-likeness (QED) is 0.374. The van der Waals surface area contributed by atoms with Crippen LogP contribution in [-0.4, -0.2) is 22.7 Å². The van der Waals surface area contributed by atoms with E-state index in [9.17, 15) is 4.79 Å². The highest BCUT2D eigenvalue weighted by Crippen LogP contribution is 2.28. The van der Waals surface area contributed by atoms with Gasteiger partial charge in [-0.25, -0.2) is 14.8 Å². The smallest absolute Gasteiger partial charge is 0.434 e. The second kappa shape index (κ2) is 9.49. The minimum atomic E-state index is -0.664. The number of carbonyl (C=O) groups excluding carboxylic acids is 1. The van der Waals surface area contributed by atoms with Crippen molar-refractivity contribution in [3.63, 3.8) is 0 Å². The lowest BCUT2D eigenvalue weighted by molar-refractivity contribution is 0.0978. The number of fused-ring (bicyclic) bond motifs is 1. The SMILES string of the molecule is CCCCOC(=O)Oc1ccc(-c2ncc3c(n2)CCC(CCC)C3)cc1. The zero-order valence-corrected chi connectivity index (χ0v) is 16.2. The van der Waals surface area contributed by atoms with Crippen molar-refractivity contribution in [2.75, 3.05) is 6.61 Å². The third-order valence-electron chi connectivity index (χ3n) is 4.98. The fraction of sp³-hybridized carbons (Fsp3) is 0.500. The highest BCUT2D eigenvalue weighted by atomic mass is 16.7. The van der Waals surface area contributed by atoms with Gasteiger partial charge in [-0.15, -0.1) is 0 Å². The third-order valence-corrected chi connectivity index (χ3v) is 4.98. The van der Waals surface area contributed by atoms with Crippen molar-refractivity contribution in [1.82, 2.24) is 9.97 Å². The molecule has 0 fully saturated rings. The van der Waals surface area contributed by atoms with Crippen LogP contribution in [-0.2, 0) is 17.6 Å². The van der Waals surface area contributed by atoms with Crippen molar-refractivity contribution in [3.8, 4) is 17.1 Å². The van der Waals surface area contributed by atoms with E-state index in [1.54, 1.807) is 12.1 Å². The molecule has 1 aromatic heterocycles. The number of hydrogen-bond acceptors (Lipinski definition) is 5. The topological polar surface area (TPSA) is 61.3 Å². The van der Waals surface area contributed by atoms with Crippen LogP contribution >= 0.6 is 0 Å². The average Bonchev–Trinajstić information content (AvgIpc) is 2.69. The summed E-state index contributed by atoms with van der Waals surface area (Å²) in [5.41, 5.74) is 3.38. The van der Waals surface area contributed by atoms with E-state index in [0.29, 0.717) is 12.4 Å². The Kier molecular flexibility index (Phi) is 6.80. The second-order valence-electron chi connectivity index (χ2n) is 7.14. The van der Waals surface area contributed by atoms with E-state index in [2.05, 4.69) is 11.9 Å². The fourth-order valence-corrected chi connectivity index (χ4v) is 3.47. The summed E-state index contributed by atoms with van der Waals surface area (Å²) in [6.07, 6.45) is 8.98. The van der Waals surface area contributed by atoms with Gasteiger partial charge >= 0.3 is 6.16 Å². The molecule has 1 unspecified atom stereocenters. The molecule has 1 aliphatic carbocycles. The van der Waals surface area contributed by atoms with Crippen molar-refractivity contribution in [2.24, 2.45) is 5.92 Å². The lowest BCUT2D eigenvalue weighted by Gasteiger charge is -2.23. The van der Waals surface area contributed by atoms with Crippen LogP contribution in [0.2, 0.25) is 0 Å². The highest BCUT2D eigenvalue weighted by Gasteiger charge is 2.20. The molecule has 3 rings (SSSR count). The van der Waals surface area contributed by atoms with Crippen LogP contribution in [0, 0.1) is 5.92 Å². The molecule has 5 heteroatoms. The summed E-state index contributed by atoms with van der Waals surface area (Å²) in [6.45, 7) is 4.67. The Hall–Kier alpha value is -2.43. The fourth-order valence-electron chi connectivity index (χ4n) is 3.47. The predicted molar refractivity (Wildman–Crippen MR) is 105 cm³/mol. The van der Waals surface area contributed by atoms with Gasteiger partial charge in [0.2, 0.25) is 0 Å². The summed E-state index contributed by atoms with van der Waals surface area (Å²) in [5.74, 6) is 1.95. The van der Waals surface area contributed by atoms with Gasteiger partial charge < -0.3 is 9.47 Å². The second-order valence-corrected chi connectivity index (χ2v) is 7.14. The molecule has 0 amide bonds. The highest BCUT2D eigenvalue weighted by molar-refractivity contribution is 5.65.